The Balaban J connectivity index is 1.75. The SMILES string of the molecule is CSc1cccc2c(NC(=O)CCc3ccccc3)ccnc12. The second-order valence-corrected chi connectivity index (χ2v) is 6.10. The van der Waals surface area contributed by atoms with Gasteiger partial charge in [0, 0.05) is 22.9 Å². The van der Waals surface area contributed by atoms with Gasteiger partial charge >= 0.3 is 0 Å². The highest BCUT2D eigenvalue weighted by Crippen LogP contribution is 2.29. The molecule has 3 rings (SSSR count). The fourth-order valence-electron chi connectivity index (χ4n) is 2.54. The topological polar surface area (TPSA) is 42.0 Å². The number of nitrogens with zero attached hydrogens (tertiary/aromatic N) is 1. The molecule has 0 unspecified atom stereocenters. The van der Waals surface area contributed by atoms with Gasteiger partial charge in [-0.1, -0.05) is 42.5 Å². The van der Waals surface area contributed by atoms with Crippen molar-refractivity contribution in [1.29, 1.82) is 0 Å². The van der Waals surface area contributed by atoms with Gasteiger partial charge in [0.05, 0.1) is 11.2 Å². The number of carbonyl (C=O) groups excluding carboxylic acids is 1. The van der Waals surface area contributed by atoms with Crippen molar-refractivity contribution >= 4 is 34.3 Å². The number of aromatic nitrogens is 1. The quantitative estimate of drug-likeness (QED) is 0.702. The number of benzene rings is 2. The van der Waals surface area contributed by atoms with E-state index in [0.29, 0.717) is 6.42 Å². The predicted octanol–water partition coefficient (Wildman–Crippen LogP) is 4.53. The van der Waals surface area contributed by atoms with Crippen LogP contribution in [0.1, 0.15) is 12.0 Å². The number of aryl methyl sites for hydroxylation is 1. The van der Waals surface area contributed by atoms with Crippen LogP contribution < -0.4 is 5.32 Å². The second-order valence-electron chi connectivity index (χ2n) is 5.25. The standard InChI is InChI=1S/C19H18N2OS/c1-23-17-9-5-8-15-16(12-13-20-19(15)17)21-18(22)11-10-14-6-3-2-4-7-14/h2-9,12-13H,10-11H2,1H3,(H,20,21,22). The highest BCUT2D eigenvalue weighted by Gasteiger charge is 2.09. The van der Waals surface area contributed by atoms with E-state index < -0.39 is 0 Å². The highest BCUT2D eigenvalue weighted by atomic mass is 32.2. The molecule has 0 atom stereocenters. The van der Waals surface area contributed by atoms with E-state index in [-0.39, 0.29) is 5.91 Å². The number of hydrogen-bond acceptors (Lipinski definition) is 3. The van der Waals surface area contributed by atoms with E-state index in [4.69, 9.17) is 0 Å². The fraction of sp³-hybridized carbons (Fsp3) is 0.158. The number of fused-ring (bicyclic) bond motifs is 1. The molecule has 0 radical (unpaired) electrons. The molecule has 116 valence electrons. The number of thioether (sulfide) groups is 1. The fourth-order valence-corrected chi connectivity index (χ4v) is 3.11. The van der Waals surface area contributed by atoms with Crippen molar-refractivity contribution < 1.29 is 4.79 Å². The number of hydrogen-bond donors (Lipinski definition) is 1. The number of anilines is 1. The lowest BCUT2D eigenvalue weighted by Crippen LogP contribution is -2.12. The van der Waals surface area contributed by atoms with Crippen LogP contribution in [0.4, 0.5) is 5.69 Å². The van der Waals surface area contributed by atoms with E-state index >= 15 is 0 Å². The molecule has 1 amide bonds. The summed E-state index contributed by atoms with van der Waals surface area (Å²) in [4.78, 5) is 17.8. The van der Waals surface area contributed by atoms with Crippen molar-refractivity contribution in [2.45, 2.75) is 17.7 Å². The van der Waals surface area contributed by atoms with E-state index in [1.807, 2.05) is 60.9 Å². The van der Waals surface area contributed by atoms with Crippen molar-refractivity contribution in [3.63, 3.8) is 0 Å². The predicted molar refractivity (Wildman–Crippen MR) is 96.9 cm³/mol. The Morgan fingerprint density at radius 2 is 1.91 bits per heavy atom. The van der Waals surface area contributed by atoms with Crippen LogP contribution in [-0.4, -0.2) is 17.1 Å². The number of rotatable bonds is 5. The minimum absolute atomic E-state index is 0.0240. The van der Waals surface area contributed by atoms with Crippen molar-refractivity contribution in [3.8, 4) is 0 Å². The molecule has 1 heterocycles. The summed E-state index contributed by atoms with van der Waals surface area (Å²) >= 11 is 1.66. The van der Waals surface area contributed by atoms with E-state index in [1.165, 1.54) is 5.56 Å². The second kappa shape index (κ2) is 7.29. The lowest BCUT2D eigenvalue weighted by atomic mass is 10.1. The molecule has 0 saturated heterocycles. The van der Waals surface area contributed by atoms with Gasteiger partial charge in [-0.25, -0.2) is 0 Å². The summed E-state index contributed by atoms with van der Waals surface area (Å²) < 4.78 is 0. The van der Waals surface area contributed by atoms with Gasteiger partial charge in [-0.3, -0.25) is 9.78 Å². The lowest BCUT2D eigenvalue weighted by Gasteiger charge is -2.10. The van der Waals surface area contributed by atoms with Crippen LogP contribution in [0.5, 0.6) is 0 Å². The Bertz CT molecular complexity index is 818. The van der Waals surface area contributed by atoms with E-state index in [9.17, 15) is 4.79 Å². The van der Waals surface area contributed by atoms with Crippen LogP contribution >= 0.6 is 11.8 Å². The van der Waals surface area contributed by atoms with E-state index in [1.54, 1.807) is 18.0 Å². The van der Waals surface area contributed by atoms with Crippen molar-refractivity contribution in [2.24, 2.45) is 0 Å². The normalized spacial score (nSPS) is 10.7. The first kappa shape index (κ1) is 15.6. The summed E-state index contributed by atoms with van der Waals surface area (Å²) in [6.07, 6.45) is 4.98. The van der Waals surface area contributed by atoms with Crippen LogP contribution in [-0.2, 0) is 11.2 Å². The van der Waals surface area contributed by atoms with Crippen molar-refractivity contribution in [2.75, 3.05) is 11.6 Å². The molecule has 0 fully saturated rings. The van der Waals surface area contributed by atoms with Crippen LogP contribution in [0, 0.1) is 0 Å². The molecule has 0 aliphatic rings. The monoisotopic (exact) mass is 322 g/mol. The average molecular weight is 322 g/mol. The maximum atomic E-state index is 12.2. The van der Waals surface area contributed by atoms with E-state index in [2.05, 4.69) is 10.3 Å². The van der Waals surface area contributed by atoms with E-state index in [0.717, 1.165) is 27.9 Å². The van der Waals surface area contributed by atoms with Crippen molar-refractivity contribution in [1.82, 2.24) is 4.98 Å². The third kappa shape index (κ3) is 3.71. The van der Waals surface area contributed by atoms with Gasteiger partial charge in [-0.15, -0.1) is 11.8 Å². The first-order valence-electron chi connectivity index (χ1n) is 7.53. The molecular weight excluding hydrogens is 304 g/mol. The molecule has 23 heavy (non-hydrogen) atoms. The van der Waals surface area contributed by atoms with Crippen LogP contribution in [0.3, 0.4) is 0 Å². The zero-order chi connectivity index (χ0) is 16.1. The number of nitrogens with one attached hydrogen (secondary N) is 1. The zero-order valence-electron chi connectivity index (χ0n) is 13.0. The van der Waals surface area contributed by atoms with Crippen LogP contribution in [0.15, 0.2) is 65.7 Å². The Labute approximate surface area is 140 Å². The Morgan fingerprint density at radius 3 is 2.70 bits per heavy atom. The highest BCUT2D eigenvalue weighted by molar-refractivity contribution is 7.98. The van der Waals surface area contributed by atoms with Crippen molar-refractivity contribution in [3.05, 3.63) is 66.4 Å². The maximum Gasteiger partial charge on any atom is 0.224 e. The van der Waals surface area contributed by atoms with Gasteiger partial charge in [-0.2, -0.15) is 0 Å². The van der Waals surface area contributed by atoms with Crippen LogP contribution in [0.25, 0.3) is 10.9 Å². The largest absolute Gasteiger partial charge is 0.325 e. The molecule has 1 N–H and O–H groups in total. The molecule has 0 aliphatic carbocycles. The smallest absolute Gasteiger partial charge is 0.224 e. The summed E-state index contributed by atoms with van der Waals surface area (Å²) in [5, 5.41) is 4.00. The van der Waals surface area contributed by atoms with Crippen LogP contribution in [0.2, 0.25) is 0 Å². The molecule has 0 saturated carbocycles. The van der Waals surface area contributed by atoms with Gasteiger partial charge in [0.15, 0.2) is 0 Å². The Kier molecular flexibility index (Phi) is 4.93. The van der Waals surface area contributed by atoms with Gasteiger partial charge in [0.2, 0.25) is 5.91 Å². The molecule has 4 heteroatoms. The van der Waals surface area contributed by atoms with Gasteiger partial charge in [0.1, 0.15) is 0 Å². The lowest BCUT2D eigenvalue weighted by molar-refractivity contribution is -0.116. The average Bonchev–Trinajstić information content (AvgIpc) is 2.60. The number of amides is 1. The summed E-state index contributed by atoms with van der Waals surface area (Å²) in [6.45, 7) is 0. The summed E-state index contributed by atoms with van der Waals surface area (Å²) in [7, 11) is 0. The number of carbonyl (C=O) groups is 1. The third-order valence-electron chi connectivity index (χ3n) is 3.71. The Hall–Kier alpha value is -2.33. The molecule has 0 spiro atoms. The maximum absolute atomic E-state index is 12.2. The molecule has 1 aromatic heterocycles. The Morgan fingerprint density at radius 1 is 1.09 bits per heavy atom. The molecule has 2 aromatic carbocycles. The minimum atomic E-state index is 0.0240. The third-order valence-corrected chi connectivity index (χ3v) is 4.48. The minimum Gasteiger partial charge on any atom is -0.325 e. The molecule has 0 bridgehead atoms. The zero-order valence-corrected chi connectivity index (χ0v) is 13.8. The van der Waals surface area contributed by atoms with Gasteiger partial charge in [0.25, 0.3) is 0 Å². The molecule has 3 aromatic rings. The summed E-state index contributed by atoms with van der Waals surface area (Å²) in [5.41, 5.74) is 2.93. The van der Waals surface area contributed by atoms with Gasteiger partial charge in [-0.05, 0) is 30.4 Å². The number of pyridine rings is 1. The first-order chi connectivity index (χ1) is 11.3. The van der Waals surface area contributed by atoms with Gasteiger partial charge < -0.3 is 5.32 Å². The molecular formula is C19H18N2OS. The first-order valence-corrected chi connectivity index (χ1v) is 8.76. The molecule has 3 nitrogen and oxygen atoms in total. The summed E-state index contributed by atoms with van der Waals surface area (Å²) in [5.74, 6) is 0.0240. The number of para-hydroxylation sites is 1. The molecule has 0 aliphatic heterocycles. The summed E-state index contributed by atoms with van der Waals surface area (Å²) in [6, 6.07) is 17.9.